The maximum Gasteiger partial charge on any atom is 0.0980 e. The lowest BCUT2D eigenvalue weighted by Crippen LogP contribution is -2.39. The summed E-state index contributed by atoms with van der Waals surface area (Å²) in [6.07, 6.45) is 6.40. The summed E-state index contributed by atoms with van der Waals surface area (Å²) in [6.45, 7) is 4.94. The van der Waals surface area contributed by atoms with Gasteiger partial charge < -0.3 is 14.8 Å². The third-order valence-electron chi connectivity index (χ3n) is 4.69. The highest BCUT2D eigenvalue weighted by molar-refractivity contribution is 5.31. The quantitative estimate of drug-likeness (QED) is 0.872. The van der Waals surface area contributed by atoms with Crippen LogP contribution in [0.15, 0.2) is 24.3 Å². The van der Waals surface area contributed by atoms with Gasteiger partial charge in [0, 0.05) is 12.6 Å². The zero-order valence-electron chi connectivity index (χ0n) is 13.0. The Labute approximate surface area is 128 Å². The van der Waals surface area contributed by atoms with Crippen molar-refractivity contribution >= 4 is 0 Å². The van der Waals surface area contributed by atoms with E-state index < -0.39 is 0 Å². The summed E-state index contributed by atoms with van der Waals surface area (Å²) in [5, 5.41) is 3.64. The van der Waals surface area contributed by atoms with Crippen LogP contribution in [-0.2, 0) is 15.9 Å². The van der Waals surface area contributed by atoms with Crippen LogP contribution in [0, 0.1) is 0 Å². The molecular weight excluding hydrogens is 262 g/mol. The maximum atomic E-state index is 6.13. The SMILES string of the molecule is CCNC(CCC1CCCO1)C1OCCc2ccccc21. The fourth-order valence-corrected chi connectivity index (χ4v) is 3.62. The predicted octanol–water partition coefficient (Wildman–Crippen LogP) is 3.24. The number of likely N-dealkylation sites (N-methyl/N-ethyl adjacent to an activating group) is 1. The molecule has 1 saturated heterocycles. The van der Waals surface area contributed by atoms with Gasteiger partial charge in [-0.2, -0.15) is 0 Å². The molecule has 0 spiro atoms. The molecule has 0 aromatic heterocycles. The molecule has 3 rings (SSSR count). The summed E-state index contributed by atoms with van der Waals surface area (Å²) >= 11 is 0. The zero-order valence-corrected chi connectivity index (χ0v) is 13.0. The molecule has 0 aliphatic carbocycles. The Bertz CT molecular complexity index is 443. The van der Waals surface area contributed by atoms with Gasteiger partial charge in [-0.1, -0.05) is 31.2 Å². The van der Waals surface area contributed by atoms with Crippen LogP contribution >= 0.6 is 0 Å². The first-order valence-corrected chi connectivity index (χ1v) is 8.43. The molecule has 0 amide bonds. The van der Waals surface area contributed by atoms with Crippen molar-refractivity contribution in [3.05, 3.63) is 35.4 Å². The smallest absolute Gasteiger partial charge is 0.0980 e. The van der Waals surface area contributed by atoms with Gasteiger partial charge in [0.2, 0.25) is 0 Å². The second-order valence-corrected chi connectivity index (χ2v) is 6.12. The van der Waals surface area contributed by atoms with E-state index in [1.54, 1.807) is 0 Å². The Morgan fingerprint density at radius 1 is 1.24 bits per heavy atom. The van der Waals surface area contributed by atoms with Crippen molar-refractivity contribution in [3.63, 3.8) is 0 Å². The molecule has 0 bridgehead atoms. The third-order valence-corrected chi connectivity index (χ3v) is 4.69. The predicted molar refractivity (Wildman–Crippen MR) is 84.5 cm³/mol. The number of hydrogen-bond acceptors (Lipinski definition) is 3. The Morgan fingerprint density at radius 3 is 2.95 bits per heavy atom. The fourth-order valence-electron chi connectivity index (χ4n) is 3.62. The molecule has 3 nitrogen and oxygen atoms in total. The van der Waals surface area contributed by atoms with E-state index in [0.29, 0.717) is 12.1 Å². The molecule has 1 aromatic carbocycles. The van der Waals surface area contributed by atoms with E-state index in [4.69, 9.17) is 9.47 Å². The third kappa shape index (κ3) is 3.65. The summed E-state index contributed by atoms with van der Waals surface area (Å²) in [5.74, 6) is 0. The Balaban J connectivity index is 1.68. The molecule has 0 saturated carbocycles. The van der Waals surface area contributed by atoms with Gasteiger partial charge in [-0.25, -0.2) is 0 Å². The summed E-state index contributed by atoms with van der Waals surface area (Å²) in [5.41, 5.74) is 2.83. The van der Waals surface area contributed by atoms with Crippen molar-refractivity contribution < 1.29 is 9.47 Å². The van der Waals surface area contributed by atoms with Crippen LogP contribution in [0.25, 0.3) is 0 Å². The standard InChI is InChI=1S/C18H27NO2/c1-2-19-17(10-9-15-7-5-12-20-15)18-16-8-4-3-6-14(16)11-13-21-18/h3-4,6,8,15,17-19H,2,5,7,9-13H2,1H3. The largest absolute Gasteiger partial charge is 0.378 e. The molecule has 0 radical (unpaired) electrons. The van der Waals surface area contributed by atoms with E-state index in [1.807, 2.05) is 0 Å². The Kier molecular flexibility index (Phi) is 5.28. The summed E-state index contributed by atoms with van der Waals surface area (Å²) < 4.78 is 11.9. The summed E-state index contributed by atoms with van der Waals surface area (Å²) in [7, 11) is 0. The minimum Gasteiger partial charge on any atom is -0.378 e. The van der Waals surface area contributed by atoms with Gasteiger partial charge in [-0.15, -0.1) is 0 Å². The Morgan fingerprint density at radius 2 is 2.14 bits per heavy atom. The lowest BCUT2D eigenvalue weighted by molar-refractivity contribution is 0.00853. The van der Waals surface area contributed by atoms with Crippen LogP contribution in [0.4, 0.5) is 0 Å². The number of fused-ring (bicyclic) bond motifs is 1. The van der Waals surface area contributed by atoms with Crippen molar-refractivity contribution in [2.75, 3.05) is 19.8 Å². The van der Waals surface area contributed by atoms with Crippen LogP contribution in [0.3, 0.4) is 0 Å². The molecule has 2 aliphatic rings. The van der Waals surface area contributed by atoms with Crippen molar-refractivity contribution in [2.45, 2.75) is 57.3 Å². The van der Waals surface area contributed by atoms with Crippen LogP contribution in [0.2, 0.25) is 0 Å². The number of benzene rings is 1. The first kappa shape index (κ1) is 15.0. The number of rotatable bonds is 6. The van der Waals surface area contributed by atoms with Crippen molar-refractivity contribution in [1.29, 1.82) is 0 Å². The zero-order chi connectivity index (χ0) is 14.5. The molecule has 116 valence electrons. The lowest BCUT2D eigenvalue weighted by Gasteiger charge is -2.33. The van der Waals surface area contributed by atoms with Crippen molar-refractivity contribution in [2.24, 2.45) is 0 Å². The first-order valence-electron chi connectivity index (χ1n) is 8.43. The van der Waals surface area contributed by atoms with Crippen LogP contribution in [0.5, 0.6) is 0 Å². The van der Waals surface area contributed by atoms with Gasteiger partial charge in [0.25, 0.3) is 0 Å². The van der Waals surface area contributed by atoms with Gasteiger partial charge in [0.05, 0.1) is 18.8 Å². The molecule has 1 N–H and O–H groups in total. The monoisotopic (exact) mass is 289 g/mol. The topological polar surface area (TPSA) is 30.5 Å². The molecular formula is C18H27NO2. The first-order chi connectivity index (χ1) is 10.4. The second kappa shape index (κ2) is 7.39. The van der Waals surface area contributed by atoms with Gasteiger partial charge in [0.1, 0.15) is 0 Å². The van der Waals surface area contributed by atoms with Crippen LogP contribution < -0.4 is 5.32 Å². The van der Waals surface area contributed by atoms with Crippen molar-refractivity contribution in [1.82, 2.24) is 5.32 Å². The van der Waals surface area contributed by atoms with E-state index in [9.17, 15) is 0 Å². The summed E-state index contributed by atoms with van der Waals surface area (Å²) in [4.78, 5) is 0. The van der Waals surface area contributed by atoms with Crippen LogP contribution in [-0.4, -0.2) is 31.9 Å². The molecule has 3 atom stereocenters. The van der Waals surface area contributed by atoms with E-state index in [1.165, 1.54) is 24.0 Å². The fraction of sp³-hybridized carbons (Fsp3) is 0.667. The average molecular weight is 289 g/mol. The summed E-state index contributed by atoms with van der Waals surface area (Å²) in [6, 6.07) is 9.13. The highest BCUT2D eigenvalue weighted by Crippen LogP contribution is 2.32. The number of nitrogens with one attached hydrogen (secondary N) is 1. The molecule has 2 aliphatic heterocycles. The molecule has 2 heterocycles. The van der Waals surface area contributed by atoms with Gasteiger partial charge in [0.15, 0.2) is 0 Å². The highest BCUT2D eigenvalue weighted by atomic mass is 16.5. The maximum absolute atomic E-state index is 6.13. The molecule has 1 aromatic rings. The normalized spacial score (nSPS) is 26.5. The molecule has 3 heteroatoms. The molecule has 3 unspecified atom stereocenters. The van der Waals surface area contributed by atoms with E-state index in [2.05, 4.69) is 36.5 Å². The highest BCUT2D eigenvalue weighted by Gasteiger charge is 2.29. The number of ether oxygens (including phenoxy) is 2. The minimum atomic E-state index is 0.191. The molecule has 21 heavy (non-hydrogen) atoms. The van der Waals surface area contributed by atoms with Crippen molar-refractivity contribution in [3.8, 4) is 0 Å². The van der Waals surface area contributed by atoms with E-state index >= 15 is 0 Å². The van der Waals surface area contributed by atoms with E-state index in [-0.39, 0.29) is 6.10 Å². The van der Waals surface area contributed by atoms with Gasteiger partial charge >= 0.3 is 0 Å². The van der Waals surface area contributed by atoms with E-state index in [0.717, 1.165) is 39.0 Å². The number of hydrogen-bond donors (Lipinski definition) is 1. The van der Waals surface area contributed by atoms with Gasteiger partial charge in [-0.3, -0.25) is 0 Å². The molecule has 1 fully saturated rings. The van der Waals surface area contributed by atoms with Crippen LogP contribution in [0.1, 0.15) is 49.8 Å². The van der Waals surface area contributed by atoms with Gasteiger partial charge in [-0.05, 0) is 49.8 Å². The second-order valence-electron chi connectivity index (χ2n) is 6.12. The average Bonchev–Trinajstić information content (AvgIpc) is 3.04. The lowest BCUT2D eigenvalue weighted by atomic mass is 9.90. The Hall–Kier alpha value is -0.900. The minimum absolute atomic E-state index is 0.191.